The van der Waals surface area contributed by atoms with E-state index in [0.29, 0.717) is 33.4 Å². The molecule has 0 aromatic carbocycles. The Labute approximate surface area is 140 Å². The van der Waals surface area contributed by atoms with Gasteiger partial charge in [-0.25, -0.2) is 0 Å². The lowest BCUT2D eigenvalue weighted by atomic mass is 10.1. The van der Waals surface area contributed by atoms with Crippen LogP contribution >= 0.6 is 11.3 Å². The summed E-state index contributed by atoms with van der Waals surface area (Å²) in [4.78, 5) is 15.0. The first-order valence-corrected chi connectivity index (χ1v) is 8.42. The molecular weight excluding hydrogens is 314 g/mol. The summed E-state index contributed by atoms with van der Waals surface area (Å²) in [6, 6.07) is 0. The second-order valence-electron chi connectivity index (χ2n) is 5.60. The second kappa shape index (κ2) is 7.67. The van der Waals surface area contributed by atoms with Crippen LogP contribution in [-0.4, -0.2) is 50.2 Å². The van der Waals surface area contributed by atoms with Crippen LogP contribution in [0.15, 0.2) is 5.70 Å². The van der Waals surface area contributed by atoms with E-state index in [1.165, 1.54) is 11.3 Å². The van der Waals surface area contributed by atoms with E-state index in [9.17, 15) is 4.79 Å². The van der Waals surface area contributed by atoms with E-state index in [2.05, 4.69) is 10.2 Å². The molecule has 7 nitrogen and oxygen atoms in total. The molecule has 0 unspecified atom stereocenters. The van der Waals surface area contributed by atoms with E-state index in [4.69, 9.17) is 21.9 Å². The molecule has 7 N–H and O–H groups in total. The maximum Gasteiger partial charge on any atom is 0.263 e. The highest BCUT2D eigenvalue weighted by molar-refractivity contribution is 7.18. The summed E-state index contributed by atoms with van der Waals surface area (Å²) in [6.45, 7) is 8.28. The summed E-state index contributed by atoms with van der Waals surface area (Å²) >= 11 is 1.20. The number of morpholine rings is 1. The molecule has 0 atom stereocenters. The lowest BCUT2D eigenvalue weighted by molar-refractivity contribution is 0.0383. The largest absolute Gasteiger partial charge is 0.402 e. The number of hydrogen-bond acceptors (Lipinski definition) is 7. The zero-order valence-electron chi connectivity index (χ0n) is 13.6. The quantitative estimate of drug-likeness (QED) is 0.626. The van der Waals surface area contributed by atoms with Crippen molar-refractivity contribution >= 4 is 33.5 Å². The van der Waals surface area contributed by atoms with Crippen LogP contribution in [-0.2, 0) is 4.74 Å². The minimum absolute atomic E-state index is 0.193. The summed E-state index contributed by atoms with van der Waals surface area (Å²) in [5.41, 5.74) is 20.5. The highest BCUT2D eigenvalue weighted by Gasteiger charge is 2.21. The number of carbonyl (C=O) groups is 1. The Morgan fingerprint density at radius 2 is 1.96 bits per heavy atom. The monoisotopic (exact) mass is 339 g/mol. The number of allylic oxidation sites excluding steroid dienone is 2. The van der Waals surface area contributed by atoms with Gasteiger partial charge >= 0.3 is 0 Å². The average Bonchev–Trinajstić information content (AvgIpc) is 2.82. The van der Waals surface area contributed by atoms with Gasteiger partial charge in [-0.2, -0.15) is 0 Å². The number of nitrogens with zero attached hydrogens (tertiary/aromatic N) is 1. The molecule has 1 aromatic heterocycles. The first-order chi connectivity index (χ1) is 10.9. The Bertz CT molecular complexity index is 601. The molecule has 1 aliphatic heterocycles. The summed E-state index contributed by atoms with van der Waals surface area (Å²) in [6.07, 6.45) is 0. The van der Waals surface area contributed by atoms with Gasteiger partial charge in [0.05, 0.1) is 23.9 Å². The Balaban J connectivity index is 2.00. The van der Waals surface area contributed by atoms with Crippen LogP contribution in [0.4, 0.5) is 10.7 Å². The van der Waals surface area contributed by atoms with E-state index in [1.807, 2.05) is 6.92 Å². The van der Waals surface area contributed by atoms with Gasteiger partial charge in [0.25, 0.3) is 5.91 Å². The topological polar surface area (TPSA) is 120 Å². The fourth-order valence-electron chi connectivity index (χ4n) is 2.45. The standard InChI is InChI=1S/C15H25N5O2S/c1-9(10(2)16)11-12(17)13(23-14(11)18)15(21)19-3-4-20-5-7-22-8-6-20/h3-8,16-18H2,1-2H3,(H,19,21)/b10-9-. The second-order valence-corrected chi connectivity index (χ2v) is 6.65. The van der Waals surface area contributed by atoms with Crippen molar-refractivity contribution in [1.82, 2.24) is 10.2 Å². The van der Waals surface area contributed by atoms with Gasteiger partial charge in [-0.15, -0.1) is 11.3 Å². The highest BCUT2D eigenvalue weighted by Crippen LogP contribution is 2.38. The fourth-order valence-corrected chi connectivity index (χ4v) is 3.41. The van der Waals surface area contributed by atoms with Gasteiger partial charge in [-0.1, -0.05) is 0 Å². The van der Waals surface area contributed by atoms with Crippen molar-refractivity contribution in [2.75, 3.05) is 50.9 Å². The molecule has 1 amide bonds. The zero-order valence-corrected chi connectivity index (χ0v) is 14.5. The zero-order chi connectivity index (χ0) is 17.0. The third-order valence-corrected chi connectivity index (χ3v) is 5.00. The van der Waals surface area contributed by atoms with Crippen LogP contribution in [0.5, 0.6) is 0 Å². The van der Waals surface area contributed by atoms with E-state index < -0.39 is 0 Å². The molecule has 23 heavy (non-hydrogen) atoms. The van der Waals surface area contributed by atoms with Crippen molar-refractivity contribution in [2.24, 2.45) is 5.73 Å². The van der Waals surface area contributed by atoms with E-state index in [-0.39, 0.29) is 5.91 Å². The van der Waals surface area contributed by atoms with Crippen LogP contribution in [0.2, 0.25) is 0 Å². The van der Waals surface area contributed by atoms with Gasteiger partial charge in [-0.05, 0) is 19.4 Å². The molecule has 0 radical (unpaired) electrons. The lowest BCUT2D eigenvalue weighted by Gasteiger charge is -2.26. The van der Waals surface area contributed by atoms with Gasteiger partial charge in [0.1, 0.15) is 4.88 Å². The lowest BCUT2D eigenvalue weighted by Crippen LogP contribution is -2.41. The first-order valence-electron chi connectivity index (χ1n) is 7.61. The number of hydrogen-bond donors (Lipinski definition) is 4. The Kier molecular flexibility index (Phi) is 5.86. The van der Waals surface area contributed by atoms with Crippen molar-refractivity contribution in [3.63, 3.8) is 0 Å². The Morgan fingerprint density at radius 3 is 2.57 bits per heavy atom. The van der Waals surface area contributed by atoms with Crippen LogP contribution in [0.3, 0.4) is 0 Å². The maximum absolute atomic E-state index is 12.3. The van der Waals surface area contributed by atoms with Crippen LogP contribution in [0.1, 0.15) is 29.1 Å². The summed E-state index contributed by atoms with van der Waals surface area (Å²) < 4.78 is 5.30. The number of carbonyl (C=O) groups excluding carboxylic acids is 1. The molecule has 1 fully saturated rings. The third kappa shape index (κ3) is 4.15. The molecule has 2 rings (SSSR count). The molecule has 1 aromatic rings. The predicted octanol–water partition coefficient (Wildman–Crippen LogP) is 0.684. The SMILES string of the molecule is C/C(N)=C(\C)c1c(N)sc(C(=O)NCCN2CCOCC2)c1N. The van der Waals surface area contributed by atoms with Crippen LogP contribution in [0, 0.1) is 0 Å². The van der Waals surface area contributed by atoms with E-state index >= 15 is 0 Å². The van der Waals surface area contributed by atoms with Crippen molar-refractivity contribution in [3.05, 3.63) is 16.1 Å². The van der Waals surface area contributed by atoms with E-state index in [0.717, 1.165) is 38.4 Å². The van der Waals surface area contributed by atoms with Gasteiger partial charge in [-0.3, -0.25) is 9.69 Å². The molecule has 2 heterocycles. The Hall–Kier alpha value is -1.77. The van der Waals surface area contributed by atoms with Crippen molar-refractivity contribution < 1.29 is 9.53 Å². The number of nitrogens with one attached hydrogen (secondary N) is 1. The van der Waals surface area contributed by atoms with Crippen LogP contribution in [0.25, 0.3) is 5.57 Å². The smallest absolute Gasteiger partial charge is 0.263 e. The average molecular weight is 339 g/mol. The molecule has 1 saturated heterocycles. The number of rotatable bonds is 5. The molecule has 0 spiro atoms. The van der Waals surface area contributed by atoms with Crippen molar-refractivity contribution in [3.8, 4) is 0 Å². The van der Waals surface area contributed by atoms with Crippen molar-refractivity contribution in [1.29, 1.82) is 0 Å². The minimum Gasteiger partial charge on any atom is -0.402 e. The number of thiophene rings is 1. The number of ether oxygens (including phenoxy) is 1. The number of amides is 1. The predicted molar refractivity (Wildman–Crippen MR) is 95.2 cm³/mol. The summed E-state index contributed by atoms with van der Waals surface area (Å²) in [5.74, 6) is -0.193. The number of nitrogen functional groups attached to an aromatic ring is 2. The van der Waals surface area contributed by atoms with Gasteiger partial charge in [0.2, 0.25) is 0 Å². The van der Waals surface area contributed by atoms with Gasteiger partial charge in [0, 0.05) is 37.4 Å². The van der Waals surface area contributed by atoms with Crippen LogP contribution < -0.4 is 22.5 Å². The number of anilines is 2. The molecular formula is C15H25N5O2S. The molecule has 0 bridgehead atoms. The number of nitrogens with two attached hydrogens (primary N) is 3. The summed E-state index contributed by atoms with van der Waals surface area (Å²) in [5, 5.41) is 3.42. The molecule has 0 aliphatic carbocycles. The summed E-state index contributed by atoms with van der Waals surface area (Å²) in [7, 11) is 0. The maximum atomic E-state index is 12.3. The minimum atomic E-state index is -0.193. The molecule has 0 saturated carbocycles. The molecule has 128 valence electrons. The fraction of sp³-hybridized carbons (Fsp3) is 0.533. The van der Waals surface area contributed by atoms with Crippen molar-refractivity contribution in [2.45, 2.75) is 13.8 Å². The Morgan fingerprint density at radius 1 is 1.30 bits per heavy atom. The van der Waals surface area contributed by atoms with E-state index in [1.54, 1.807) is 6.92 Å². The third-order valence-electron chi connectivity index (χ3n) is 3.96. The molecule has 8 heteroatoms. The normalized spacial score (nSPS) is 17.0. The van der Waals surface area contributed by atoms with Gasteiger partial charge in [0.15, 0.2) is 0 Å². The van der Waals surface area contributed by atoms with Gasteiger partial charge < -0.3 is 27.3 Å². The highest BCUT2D eigenvalue weighted by atomic mass is 32.1. The molecule has 1 aliphatic rings. The first kappa shape index (κ1) is 17.6.